The summed E-state index contributed by atoms with van der Waals surface area (Å²) in [5, 5.41) is 0. The molecule has 0 rings (SSSR count). The summed E-state index contributed by atoms with van der Waals surface area (Å²) in [5.74, 6) is -6.33. The average molecular weight is 170 g/mol. The van der Waals surface area contributed by atoms with Crippen LogP contribution in [-0.4, -0.2) is 18.1 Å². The van der Waals surface area contributed by atoms with Crippen LogP contribution >= 0.6 is 0 Å². The number of carbonyl (C=O) groups excluding carboxylic acids is 1. The van der Waals surface area contributed by atoms with Crippen molar-refractivity contribution in [2.75, 3.05) is 0 Å². The first-order valence-electron chi connectivity index (χ1n) is 2.73. The van der Waals surface area contributed by atoms with Crippen molar-refractivity contribution in [1.82, 2.24) is 0 Å². The Morgan fingerprint density at radius 3 is 2.27 bits per heavy atom. The molecule has 1 nitrogen and oxygen atoms in total. The van der Waals surface area contributed by atoms with Gasteiger partial charge in [-0.15, -0.1) is 6.58 Å². The first-order valence-corrected chi connectivity index (χ1v) is 2.73. The lowest BCUT2D eigenvalue weighted by Gasteiger charge is -2.10. The molecule has 0 spiro atoms. The molecule has 0 aliphatic rings. The largest absolute Gasteiger partial charge is 0.314 e. The predicted molar refractivity (Wildman–Crippen MR) is 30.8 cm³/mol. The van der Waals surface area contributed by atoms with Crippen LogP contribution in [0.15, 0.2) is 12.7 Å². The Labute approximate surface area is 60.7 Å². The Bertz CT molecular complexity index is 164. The molecule has 5 heteroatoms. The SMILES string of the molecule is C=CCC(F)(F)C(=O)C(F)F. The van der Waals surface area contributed by atoms with Gasteiger partial charge in [0, 0.05) is 6.42 Å². The average Bonchev–Trinajstić information content (AvgIpc) is 1.86. The van der Waals surface area contributed by atoms with Gasteiger partial charge in [0.25, 0.3) is 5.78 Å². The molecule has 0 bridgehead atoms. The quantitative estimate of drug-likeness (QED) is 0.466. The van der Waals surface area contributed by atoms with Crippen LogP contribution in [0.5, 0.6) is 0 Å². The van der Waals surface area contributed by atoms with Gasteiger partial charge in [-0.05, 0) is 0 Å². The third kappa shape index (κ3) is 2.69. The zero-order chi connectivity index (χ0) is 9.07. The van der Waals surface area contributed by atoms with Gasteiger partial charge in [0.15, 0.2) is 0 Å². The van der Waals surface area contributed by atoms with E-state index in [1.165, 1.54) is 0 Å². The minimum atomic E-state index is -3.98. The second-order valence-corrected chi connectivity index (χ2v) is 1.86. The van der Waals surface area contributed by atoms with Crippen molar-refractivity contribution in [3.05, 3.63) is 12.7 Å². The van der Waals surface area contributed by atoms with Gasteiger partial charge in [0.2, 0.25) is 0 Å². The molecular formula is C6H6F4O. The second kappa shape index (κ2) is 3.50. The Hall–Kier alpha value is -0.870. The van der Waals surface area contributed by atoms with Crippen molar-refractivity contribution < 1.29 is 22.4 Å². The van der Waals surface area contributed by atoms with Crippen molar-refractivity contribution in [2.45, 2.75) is 18.8 Å². The van der Waals surface area contributed by atoms with Crippen LogP contribution in [-0.2, 0) is 4.79 Å². The Balaban J connectivity index is 4.28. The number of carbonyl (C=O) groups is 1. The van der Waals surface area contributed by atoms with Crippen molar-refractivity contribution >= 4 is 5.78 Å². The zero-order valence-corrected chi connectivity index (χ0v) is 5.49. The molecule has 64 valence electrons. The maximum absolute atomic E-state index is 12.2. The van der Waals surface area contributed by atoms with Crippen LogP contribution in [0.2, 0.25) is 0 Å². The standard InChI is InChI=1S/C6H6F4O/c1-2-3-6(9,10)4(11)5(7)8/h2,5H,1,3H2. The monoisotopic (exact) mass is 170 g/mol. The minimum Gasteiger partial charge on any atom is -0.286 e. The highest BCUT2D eigenvalue weighted by molar-refractivity contribution is 5.88. The Kier molecular flexibility index (Phi) is 3.22. The molecule has 0 heterocycles. The fourth-order valence-electron chi connectivity index (χ4n) is 0.442. The van der Waals surface area contributed by atoms with Gasteiger partial charge in [0.1, 0.15) is 0 Å². The first-order chi connectivity index (χ1) is 4.91. The van der Waals surface area contributed by atoms with Crippen LogP contribution in [0.3, 0.4) is 0 Å². The first kappa shape index (κ1) is 10.1. The van der Waals surface area contributed by atoms with E-state index in [-0.39, 0.29) is 0 Å². The van der Waals surface area contributed by atoms with Gasteiger partial charge in [0.05, 0.1) is 0 Å². The minimum absolute atomic E-state index is 0.722. The van der Waals surface area contributed by atoms with Crippen LogP contribution in [0.4, 0.5) is 17.6 Å². The summed E-state index contributed by atoms with van der Waals surface area (Å²) in [6.45, 7) is 2.91. The van der Waals surface area contributed by atoms with E-state index >= 15 is 0 Å². The van der Waals surface area contributed by atoms with E-state index in [0.717, 1.165) is 6.08 Å². The summed E-state index contributed by atoms with van der Waals surface area (Å²) in [6, 6.07) is 0. The van der Waals surface area contributed by atoms with E-state index in [2.05, 4.69) is 6.58 Å². The number of hydrogen-bond acceptors (Lipinski definition) is 1. The van der Waals surface area contributed by atoms with E-state index < -0.39 is 24.6 Å². The van der Waals surface area contributed by atoms with Gasteiger partial charge >= 0.3 is 12.3 Å². The zero-order valence-electron chi connectivity index (χ0n) is 5.49. The van der Waals surface area contributed by atoms with Gasteiger partial charge < -0.3 is 0 Å². The van der Waals surface area contributed by atoms with Crippen molar-refractivity contribution in [2.24, 2.45) is 0 Å². The lowest BCUT2D eigenvalue weighted by molar-refractivity contribution is -0.154. The maximum atomic E-state index is 12.2. The number of hydrogen-bond donors (Lipinski definition) is 0. The molecular weight excluding hydrogens is 164 g/mol. The molecule has 0 atom stereocenters. The lowest BCUT2D eigenvalue weighted by Crippen LogP contribution is -2.33. The van der Waals surface area contributed by atoms with Crippen molar-refractivity contribution in [3.63, 3.8) is 0 Å². The summed E-state index contributed by atoms with van der Waals surface area (Å²) in [7, 11) is 0. The molecule has 0 aliphatic carbocycles. The molecule has 0 aromatic heterocycles. The number of Topliss-reactive ketones (excluding diaryl/α,β-unsaturated/α-hetero) is 1. The van der Waals surface area contributed by atoms with E-state index in [9.17, 15) is 22.4 Å². The fourth-order valence-corrected chi connectivity index (χ4v) is 0.442. The summed E-state index contributed by atoms with van der Waals surface area (Å²) >= 11 is 0. The lowest BCUT2D eigenvalue weighted by atomic mass is 10.1. The number of halogens is 4. The highest BCUT2D eigenvalue weighted by Gasteiger charge is 2.42. The predicted octanol–water partition coefficient (Wildman–Crippen LogP) is 2.03. The number of ketones is 1. The molecule has 0 unspecified atom stereocenters. The van der Waals surface area contributed by atoms with Crippen LogP contribution < -0.4 is 0 Å². The second-order valence-electron chi connectivity index (χ2n) is 1.86. The number of rotatable bonds is 4. The van der Waals surface area contributed by atoms with Crippen LogP contribution in [0.25, 0.3) is 0 Å². The number of allylic oxidation sites excluding steroid dienone is 1. The highest BCUT2D eigenvalue weighted by Crippen LogP contribution is 2.22. The van der Waals surface area contributed by atoms with Gasteiger partial charge in [-0.25, -0.2) is 8.78 Å². The summed E-state index contributed by atoms with van der Waals surface area (Å²) in [4.78, 5) is 10.0. The molecule has 0 saturated heterocycles. The summed E-state index contributed by atoms with van der Waals surface area (Å²) < 4.78 is 47.1. The molecule has 0 amide bonds. The highest BCUT2D eigenvalue weighted by atomic mass is 19.3. The normalized spacial score (nSPS) is 11.7. The van der Waals surface area contributed by atoms with Crippen LogP contribution in [0.1, 0.15) is 6.42 Å². The van der Waals surface area contributed by atoms with Crippen molar-refractivity contribution in [1.29, 1.82) is 0 Å². The Morgan fingerprint density at radius 1 is 1.55 bits per heavy atom. The molecule has 0 aliphatic heterocycles. The summed E-state index contributed by atoms with van der Waals surface area (Å²) in [6.07, 6.45) is -3.94. The topological polar surface area (TPSA) is 17.1 Å². The molecule has 0 radical (unpaired) electrons. The van der Waals surface area contributed by atoms with E-state index in [0.29, 0.717) is 0 Å². The van der Waals surface area contributed by atoms with E-state index in [4.69, 9.17) is 0 Å². The van der Waals surface area contributed by atoms with Crippen LogP contribution in [0, 0.1) is 0 Å². The van der Waals surface area contributed by atoms with E-state index in [1.54, 1.807) is 0 Å². The maximum Gasteiger partial charge on any atom is 0.314 e. The van der Waals surface area contributed by atoms with Gasteiger partial charge in [-0.3, -0.25) is 4.79 Å². The molecule has 0 aromatic rings. The molecule has 0 N–H and O–H groups in total. The van der Waals surface area contributed by atoms with Crippen molar-refractivity contribution in [3.8, 4) is 0 Å². The number of alkyl halides is 4. The fraction of sp³-hybridized carbons (Fsp3) is 0.500. The third-order valence-corrected chi connectivity index (χ3v) is 0.959. The Morgan fingerprint density at radius 2 is 2.00 bits per heavy atom. The molecule has 0 fully saturated rings. The van der Waals surface area contributed by atoms with Gasteiger partial charge in [-0.2, -0.15) is 8.78 Å². The smallest absolute Gasteiger partial charge is 0.286 e. The van der Waals surface area contributed by atoms with Gasteiger partial charge in [-0.1, -0.05) is 6.08 Å². The molecule has 11 heavy (non-hydrogen) atoms. The molecule has 0 saturated carbocycles. The molecule has 0 aromatic carbocycles. The summed E-state index contributed by atoms with van der Waals surface area (Å²) in [5.41, 5.74) is 0. The third-order valence-electron chi connectivity index (χ3n) is 0.959. The van der Waals surface area contributed by atoms with E-state index in [1.807, 2.05) is 0 Å².